The molecule has 0 N–H and O–H groups in total. The maximum absolute atomic E-state index is 13.0. The first-order valence-corrected chi connectivity index (χ1v) is 8.54. The average molecular weight is 324 g/mol. The first kappa shape index (κ1) is 16.4. The van der Waals surface area contributed by atoms with Crippen molar-refractivity contribution in [2.24, 2.45) is 5.92 Å². The minimum absolute atomic E-state index is 0.0404. The maximum atomic E-state index is 13.0. The summed E-state index contributed by atoms with van der Waals surface area (Å²) in [4.78, 5) is 0. The predicted octanol–water partition coefficient (Wildman–Crippen LogP) is 6.10. The average Bonchev–Trinajstić information content (AvgIpc) is 3.07. The van der Waals surface area contributed by atoms with Crippen molar-refractivity contribution in [2.45, 2.75) is 57.0 Å². The van der Waals surface area contributed by atoms with Crippen LogP contribution in [0.3, 0.4) is 0 Å². The van der Waals surface area contributed by atoms with Crippen molar-refractivity contribution in [1.29, 1.82) is 0 Å². The number of hydrogen-bond acceptors (Lipinski definition) is 1. The van der Waals surface area contributed by atoms with Crippen LogP contribution >= 0.6 is 0 Å². The van der Waals surface area contributed by atoms with Crippen molar-refractivity contribution < 1.29 is 17.9 Å². The van der Waals surface area contributed by atoms with E-state index in [9.17, 15) is 13.2 Å². The van der Waals surface area contributed by atoms with E-state index < -0.39 is 11.7 Å². The highest BCUT2D eigenvalue weighted by molar-refractivity contribution is 5.43. The smallest absolute Gasteiger partial charge is 0.416 e. The lowest BCUT2D eigenvalue weighted by molar-refractivity contribution is -0.137. The molecule has 0 saturated heterocycles. The Kier molecular flexibility index (Phi) is 4.98. The fraction of sp³-hybridized carbons (Fsp3) is 0.579. The summed E-state index contributed by atoms with van der Waals surface area (Å²) < 4.78 is 45.0. The molecule has 2 aliphatic carbocycles. The van der Waals surface area contributed by atoms with Crippen LogP contribution in [0.2, 0.25) is 0 Å². The molecule has 3 rings (SSSR count). The Hall–Kier alpha value is -1.45. The lowest BCUT2D eigenvalue weighted by Gasteiger charge is -2.23. The highest BCUT2D eigenvalue weighted by atomic mass is 19.4. The molecule has 0 spiro atoms. The van der Waals surface area contributed by atoms with Crippen LogP contribution in [-0.2, 0) is 6.18 Å². The summed E-state index contributed by atoms with van der Waals surface area (Å²) in [5.41, 5.74) is 0.0993. The molecule has 1 aromatic rings. The summed E-state index contributed by atoms with van der Waals surface area (Å²) in [6.07, 6.45) is 7.61. The number of halogens is 3. The largest absolute Gasteiger partial charge is 0.493 e. The van der Waals surface area contributed by atoms with Gasteiger partial charge in [0.15, 0.2) is 0 Å². The van der Waals surface area contributed by atoms with Crippen LogP contribution in [0, 0.1) is 5.92 Å². The second-order valence-electron chi connectivity index (χ2n) is 6.68. The third-order valence-electron chi connectivity index (χ3n) is 4.95. The van der Waals surface area contributed by atoms with Crippen LogP contribution in [-0.4, -0.2) is 6.61 Å². The van der Waals surface area contributed by atoms with Crippen molar-refractivity contribution in [3.63, 3.8) is 0 Å². The third kappa shape index (κ3) is 4.10. The Morgan fingerprint density at radius 3 is 2.48 bits per heavy atom. The van der Waals surface area contributed by atoms with Crippen LogP contribution < -0.4 is 4.74 Å². The number of allylic oxidation sites excluding steroid dienone is 2. The first-order chi connectivity index (χ1) is 11.0. The quantitative estimate of drug-likeness (QED) is 0.608. The van der Waals surface area contributed by atoms with Gasteiger partial charge in [-0.25, -0.2) is 0 Å². The molecule has 0 amide bonds. The molecule has 1 atom stereocenters. The highest BCUT2D eigenvalue weighted by Crippen LogP contribution is 2.39. The summed E-state index contributed by atoms with van der Waals surface area (Å²) in [5, 5.41) is 0. The Balaban J connectivity index is 1.78. The van der Waals surface area contributed by atoms with E-state index in [2.05, 4.69) is 0 Å². The molecular formula is C19H23F3O. The molecule has 1 fully saturated rings. The summed E-state index contributed by atoms with van der Waals surface area (Å²) in [7, 11) is 0. The lowest BCUT2D eigenvalue weighted by Crippen LogP contribution is -2.16. The van der Waals surface area contributed by atoms with E-state index in [4.69, 9.17) is 4.74 Å². The third-order valence-corrected chi connectivity index (χ3v) is 4.95. The Bertz CT molecular complexity index is 556. The second kappa shape index (κ2) is 6.98. The Labute approximate surface area is 135 Å². The van der Waals surface area contributed by atoms with Gasteiger partial charge in [0, 0.05) is 11.5 Å². The van der Waals surface area contributed by atoms with Gasteiger partial charge in [0.25, 0.3) is 0 Å². The van der Waals surface area contributed by atoms with Gasteiger partial charge in [-0.3, -0.25) is 0 Å². The van der Waals surface area contributed by atoms with Crippen molar-refractivity contribution >= 4 is 0 Å². The molecule has 23 heavy (non-hydrogen) atoms. The summed E-state index contributed by atoms with van der Waals surface area (Å²) in [6.45, 7) is 0.620. The fourth-order valence-electron chi connectivity index (χ4n) is 3.60. The van der Waals surface area contributed by atoms with Crippen LogP contribution in [0.5, 0.6) is 5.75 Å². The standard InChI is InChI=1S/C19H23F3O/c20-19(21,22)16-10-11-18(17(12-16)15-8-4-5-9-15)23-13-14-6-2-1-3-7-14/h4,8,10-12,14-15H,1-3,5-7,9,13H2. The van der Waals surface area contributed by atoms with E-state index in [1.165, 1.54) is 44.2 Å². The SMILES string of the molecule is FC(F)(F)c1ccc(OCC2CCCCC2)c(C2C=CCC2)c1. The number of alkyl halides is 3. The normalized spacial score (nSPS) is 22.5. The second-order valence-corrected chi connectivity index (χ2v) is 6.68. The molecule has 1 unspecified atom stereocenters. The van der Waals surface area contributed by atoms with E-state index in [-0.39, 0.29) is 5.92 Å². The van der Waals surface area contributed by atoms with Crippen LogP contribution in [0.1, 0.15) is 62.0 Å². The molecule has 1 saturated carbocycles. The first-order valence-electron chi connectivity index (χ1n) is 8.54. The zero-order valence-electron chi connectivity index (χ0n) is 13.2. The van der Waals surface area contributed by atoms with E-state index in [0.29, 0.717) is 23.8 Å². The fourth-order valence-corrected chi connectivity index (χ4v) is 3.60. The zero-order valence-corrected chi connectivity index (χ0v) is 13.2. The molecule has 1 aromatic carbocycles. The van der Waals surface area contributed by atoms with E-state index in [1.54, 1.807) is 0 Å². The molecule has 0 aliphatic heterocycles. The van der Waals surface area contributed by atoms with E-state index in [0.717, 1.165) is 18.9 Å². The lowest BCUT2D eigenvalue weighted by atomic mass is 9.90. The van der Waals surface area contributed by atoms with Gasteiger partial charge in [-0.1, -0.05) is 31.4 Å². The molecular weight excluding hydrogens is 301 g/mol. The van der Waals surface area contributed by atoms with E-state index in [1.807, 2.05) is 12.2 Å². The molecule has 0 bridgehead atoms. The Morgan fingerprint density at radius 1 is 1.04 bits per heavy atom. The van der Waals surface area contributed by atoms with Gasteiger partial charge < -0.3 is 4.74 Å². The van der Waals surface area contributed by atoms with Gasteiger partial charge in [-0.05, 0) is 49.8 Å². The minimum Gasteiger partial charge on any atom is -0.493 e. The van der Waals surface area contributed by atoms with Gasteiger partial charge in [-0.2, -0.15) is 13.2 Å². The summed E-state index contributed by atoms with van der Waals surface area (Å²) >= 11 is 0. The Morgan fingerprint density at radius 2 is 1.83 bits per heavy atom. The van der Waals surface area contributed by atoms with Crippen molar-refractivity contribution in [2.75, 3.05) is 6.61 Å². The molecule has 126 valence electrons. The van der Waals surface area contributed by atoms with Crippen molar-refractivity contribution in [3.05, 3.63) is 41.5 Å². The summed E-state index contributed by atoms with van der Waals surface area (Å²) in [5.74, 6) is 1.21. The molecule has 4 heteroatoms. The van der Waals surface area contributed by atoms with Crippen molar-refractivity contribution in [1.82, 2.24) is 0 Å². The number of benzene rings is 1. The molecule has 0 aromatic heterocycles. The number of ether oxygens (including phenoxy) is 1. The van der Waals surface area contributed by atoms with Gasteiger partial charge >= 0.3 is 6.18 Å². The zero-order chi connectivity index (χ0) is 16.3. The van der Waals surface area contributed by atoms with Gasteiger partial charge in [0.1, 0.15) is 5.75 Å². The summed E-state index contributed by atoms with van der Waals surface area (Å²) in [6, 6.07) is 3.92. The van der Waals surface area contributed by atoms with Gasteiger partial charge in [0.2, 0.25) is 0 Å². The molecule has 2 aliphatic rings. The predicted molar refractivity (Wildman–Crippen MR) is 84.6 cm³/mol. The van der Waals surface area contributed by atoms with Gasteiger partial charge in [0.05, 0.1) is 12.2 Å². The van der Waals surface area contributed by atoms with Crippen LogP contribution in [0.15, 0.2) is 30.4 Å². The van der Waals surface area contributed by atoms with Crippen LogP contribution in [0.25, 0.3) is 0 Å². The van der Waals surface area contributed by atoms with Crippen molar-refractivity contribution in [3.8, 4) is 5.75 Å². The van der Waals surface area contributed by atoms with E-state index >= 15 is 0 Å². The topological polar surface area (TPSA) is 9.23 Å². The maximum Gasteiger partial charge on any atom is 0.416 e. The minimum atomic E-state index is -4.31. The molecule has 0 radical (unpaired) electrons. The number of rotatable bonds is 4. The highest BCUT2D eigenvalue weighted by Gasteiger charge is 2.32. The molecule has 0 heterocycles. The van der Waals surface area contributed by atoms with Crippen LogP contribution in [0.4, 0.5) is 13.2 Å². The number of hydrogen-bond donors (Lipinski definition) is 0. The van der Waals surface area contributed by atoms with Gasteiger partial charge in [-0.15, -0.1) is 0 Å². The molecule has 1 nitrogen and oxygen atoms in total. The monoisotopic (exact) mass is 324 g/mol.